The number of para-hydroxylation sites is 2. The summed E-state index contributed by atoms with van der Waals surface area (Å²) in [4.78, 5) is 40.8. The number of ether oxygens (including phenoxy) is 1. The lowest BCUT2D eigenvalue weighted by Gasteiger charge is -2.35. The highest BCUT2D eigenvalue weighted by Crippen LogP contribution is 2.31. The Balaban J connectivity index is 1.56. The van der Waals surface area contributed by atoms with Gasteiger partial charge in [0.25, 0.3) is 11.8 Å². The van der Waals surface area contributed by atoms with Crippen LogP contribution in [0.25, 0.3) is 0 Å². The van der Waals surface area contributed by atoms with Crippen LogP contribution in [0.3, 0.4) is 0 Å². The quantitative estimate of drug-likeness (QED) is 0.660. The van der Waals surface area contributed by atoms with Gasteiger partial charge in [0, 0.05) is 30.7 Å². The maximum absolute atomic E-state index is 13.1. The van der Waals surface area contributed by atoms with Crippen molar-refractivity contribution < 1.29 is 14.3 Å². The number of hydrogen-bond acceptors (Lipinski definition) is 6. The first-order chi connectivity index (χ1) is 15.6. The fourth-order valence-corrected chi connectivity index (χ4v) is 3.91. The Morgan fingerprint density at radius 2 is 1.91 bits per heavy atom. The molecule has 0 bridgehead atoms. The molecule has 2 aromatic heterocycles. The number of benzene rings is 1. The van der Waals surface area contributed by atoms with Crippen molar-refractivity contribution in [2.75, 3.05) is 19.0 Å². The first kappa shape index (κ1) is 21.4. The van der Waals surface area contributed by atoms with Gasteiger partial charge in [0.2, 0.25) is 0 Å². The SMILES string of the molecule is COc1ccccc1NC(=O)c1cnc(C2CCCCN2C(=O)c2ccncc2)nc1C. The number of rotatable bonds is 5. The smallest absolute Gasteiger partial charge is 0.259 e. The van der Waals surface area contributed by atoms with E-state index in [1.807, 2.05) is 17.0 Å². The number of likely N-dealkylation sites (tertiary alicyclic amines) is 1. The van der Waals surface area contributed by atoms with Crippen molar-refractivity contribution in [3.8, 4) is 5.75 Å². The van der Waals surface area contributed by atoms with Crippen molar-refractivity contribution in [1.82, 2.24) is 19.9 Å². The van der Waals surface area contributed by atoms with Gasteiger partial charge in [0.15, 0.2) is 5.82 Å². The van der Waals surface area contributed by atoms with Crippen LogP contribution in [0.5, 0.6) is 5.75 Å². The summed E-state index contributed by atoms with van der Waals surface area (Å²) in [5.41, 5.74) is 2.10. The number of carbonyl (C=O) groups is 2. The van der Waals surface area contributed by atoms with E-state index >= 15 is 0 Å². The molecule has 4 rings (SSSR count). The van der Waals surface area contributed by atoms with Crippen LogP contribution in [0.2, 0.25) is 0 Å². The van der Waals surface area contributed by atoms with E-state index in [9.17, 15) is 9.59 Å². The van der Waals surface area contributed by atoms with Crippen LogP contribution in [0.4, 0.5) is 5.69 Å². The molecule has 3 aromatic rings. The third-order valence-electron chi connectivity index (χ3n) is 5.59. The fourth-order valence-electron chi connectivity index (χ4n) is 3.91. The number of aryl methyl sites for hydroxylation is 1. The Hall–Kier alpha value is -3.81. The molecule has 1 fully saturated rings. The predicted octanol–water partition coefficient (Wildman–Crippen LogP) is 3.81. The van der Waals surface area contributed by atoms with Crippen LogP contribution < -0.4 is 10.1 Å². The Kier molecular flexibility index (Phi) is 6.39. The Bertz CT molecular complexity index is 1120. The van der Waals surface area contributed by atoms with Crippen molar-refractivity contribution in [3.05, 3.63) is 77.6 Å². The molecule has 1 unspecified atom stereocenters. The molecule has 0 spiro atoms. The largest absolute Gasteiger partial charge is 0.495 e. The summed E-state index contributed by atoms with van der Waals surface area (Å²) in [5, 5.41) is 2.85. The lowest BCUT2D eigenvalue weighted by molar-refractivity contribution is 0.0599. The van der Waals surface area contributed by atoms with Crippen LogP contribution in [-0.2, 0) is 0 Å². The lowest BCUT2D eigenvalue weighted by Crippen LogP contribution is -2.39. The number of nitrogens with one attached hydrogen (secondary N) is 1. The van der Waals surface area contributed by atoms with Gasteiger partial charge in [-0.1, -0.05) is 12.1 Å². The average Bonchev–Trinajstić information content (AvgIpc) is 2.84. The standard InChI is InChI=1S/C24H25N5O3/c1-16-18(23(30)28-19-7-3-4-9-21(19)32-2)15-26-22(27-16)20-8-5-6-14-29(20)24(31)17-10-12-25-13-11-17/h3-4,7,9-13,15,20H,5-6,8,14H2,1-2H3,(H,28,30). The number of nitrogens with zero attached hydrogens (tertiary/aromatic N) is 4. The number of piperidine rings is 1. The van der Waals surface area contributed by atoms with Gasteiger partial charge in [-0.15, -0.1) is 0 Å². The molecule has 1 aliphatic rings. The van der Waals surface area contributed by atoms with Gasteiger partial charge in [0.05, 0.1) is 30.1 Å². The summed E-state index contributed by atoms with van der Waals surface area (Å²) in [6.45, 7) is 2.42. The van der Waals surface area contributed by atoms with Crippen LogP contribution in [0.15, 0.2) is 55.0 Å². The first-order valence-electron chi connectivity index (χ1n) is 10.6. The molecule has 8 heteroatoms. The topological polar surface area (TPSA) is 97.3 Å². The fraction of sp³-hybridized carbons (Fsp3) is 0.292. The second kappa shape index (κ2) is 9.55. The van der Waals surface area contributed by atoms with E-state index < -0.39 is 0 Å². The van der Waals surface area contributed by atoms with E-state index in [0.717, 1.165) is 19.3 Å². The number of hydrogen-bond donors (Lipinski definition) is 1. The van der Waals surface area contributed by atoms with Crippen LogP contribution in [0, 0.1) is 6.92 Å². The molecule has 3 heterocycles. The van der Waals surface area contributed by atoms with Gasteiger partial charge in [-0.05, 0) is 50.5 Å². The summed E-state index contributed by atoms with van der Waals surface area (Å²) in [7, 11) is 1.55. The highest BCUT2D eigenvalue weighted by molar-refractivity contribution is 6.05. The summed E-state index contributed by atoms with van der Waals surface area (Å²) in [6, 6.07) is 10.4. The zero-order valence-corrected chi connectivity index (χ0v) is 18.1. The molecule has 1 atom stereocenters. The molecule has 2 amide bonds. The van der Waals surface area contributed by atoms with Crippen LogP contribution in [0.1, 0.15) is 57.5 Å². The Labute approximate surface area is 186 Å². The molecule has 8 nitrogen and oxygen atoms in total. The number of carbonyl (C=O) groups excluding carboxylic acids is 2. The molecule has 32 heavy (non-hydrogen) atoms. The van der Waals surface area contributed by atoms with E-state index in [4.69, 9.17) is 4.74 Å². The van der Waals surface area contributed by atoms with E-state index in [0.29, 0.717) is 40.6 Å². The van der Waals surface area contributed by atoms with Crippen molar-refractivity contribution >= 4 is 17.5 Å². The summed E-state index contributed by atoms with van der Waals surface area (Å²) in [6.07, 6.45) is 7.47. The number of aromatic nitrogens is 3. The summed E-state index contributed by atoms with van der Waals surface area (Å²) in [5.74, 6) is 0.755. The second-order valence-electron chi connectivity index (χ2n) is 7.63. The van der Waals surface area contributed by atoms with Crippen molar-refractivity contribution in [1.29, 1.82) is 0 Å². The van der Waals surface area contributed by atoms with Crippen molar-refractivity contribution in [2.45, 2.75) is 32.2 Å². The van der Waals surface area contributed by atoms with Gasteiger partial charge in [0.1, 0.15) is 5.75 Å². The minimum absolute atomic E-state index is 0.0589. The first-order valence-corrected chi connectivity index (χ1v) is 10.6. The van der Waals surface area contributed by atoms with Gasteiger partial charge in [-0.3, -0.25) is 14.6 Å². The number of anilines is 1. The zero-order chi connectivity index (χ0) is 22.5. The van der Waals surface area contributed by atoms with Gasteiger partial charge < -0.3 is 15.0 Å². The molecule has 1 N–H and O–H groups in total. The molecule has 0 saturated carbocycles. The highest BCUT2D eigenvalue weighted by Gasteiger charge is 2.31. The third kappa shape index (κ3) is 4.44. The van der Waals surface area contributed by atoms with Gasteiger partial charge in [-0.2, -0.15) is 0 Å². The molecule has 0 aliphatic carbocycles. The normalized spacial score (nSPS) is 15.8. The van der Waals surface area contributed by atoms with Crippen molar-refractivity contribution in [3.63, 3.8) is 0 Å². The monoisotopic (exact) mass is 431 g/mol. The maximum Gasteiger partial charge on any atom is 0.259 e. The molecule has 164 valence electrons. The molecule has 1 saturated heterocycles. The zero-order valence-electron chi connectivity index (χ0n) is 18.1. The molecular weight excluding hydrogens is 406 g/mol. The van der Waals surface area contributed by atoms with E-state index in [-0.39, 0.29) is 17.9 Å². The third-order valence-corrected chi connectivity index (χ3v) is 5.59. The van der Waals surface area contributed by atoms with Gasteiger partial charge >= 0.3 is 0 Å². The molecule has 0 radical (unpaired) electrons. The minimum Gasteiger partial charge on any atom is -0.495 e. The maximum atomic E-state index is 13.1. The van der Waals surface area contributed by atoms with E-state index in [1.54, 1.807) is 50.7 Å². The van der Waals surface area contributed by atoms with Crippen molar-refractivity contribution in [2.24, 2.45) is 0 Å². The highest BCUT2D eigenvalue weighted by atomic mass is 16.5. The molecular formula is C24H25N5O3. The number of amides is 2. The van der Waals surface area contributed by atoms with Crippen LogP contribution in [-0.4, -0.2) is 45.3 Å². The second-order valence-corrected chi connectivity index (χ2v) is 7.63. The predicted molar refractivity (Wildman–Crippen MR) is 120 cm³/mol. The average molecular weight is 431 g/mol. The minimum atomic E-state index is -0.313. The summed E-state index contributed by atoms with van der Waals surface area (Å²) < 4.78 is 5.29. The van der Waals surface area contributed by atoms with Gasteiger partial charge in [-0.25, -0.2) is 9.97 Å². The number of methoxy groups -OCH3 is 1. The van der Waals surface area contributed by atoms with Crippen LogP contribution >= 0.6 is 0 Å². The Morgan fingerprint density at radius 1 is 1.12 bits per heavy atom. The molecule has 1 aliphatic heterocycles. The Morgan fingerprint density at radius 3 is 2.66 bits per heavy atom. The number of pyridine rings is 1. The van der Waals surface area contributed by atoms with E-state index in [1.165, 1.54) is 6.20 Å². The molecule has 1 aromatic carbocycles. The summed E-state index contributed by atoms with van der Waals surface area (Å²) >= 11 is 0. The van der Waals surface area contributed by atoms with E-state index in [2.05, 4.69) is 20.3 Å². The lowest BCUT2D eigenvalue weighted by atomic mass is 10.00.